The normalized spacial score (nSPS) is 22.1. The second-order valence-electron chi connectivity index (χ2n) is 5.54. The maximum absolute atomic E-state index is 5.71. The number of nitrogens with one attached hydrogen (secondary N) is 1. The topological polar surface area (TPSA) is 49.0 Å². The monoisotopic (exact) mass is 293 g/mol. The first-order valence-corrected chi connectivity index (χ1v) is 7.59. The number of hydrogen-bond acceptors (Lipinski definition) is 5. The minimum absolute atomic E-state index is 0.323. The fraction of sp³-hybridized carbons (Fsp3) is 0.625. The van der Waals surface area contributed by atoms with Crippen LogP contribution in [0.15, 0.2) is 12.1 Å². The van der Waals surface area contributed by atoms with Crippen LogP contribution in [0.25, 0.3) is 0 Å². The molecule has 0 aliphatic carbocycles. The predicted molar refractivity (Wildman–Crippen MR) is 79.3 cm³/mol. The molecule has 0 bridgehead atoms. The van der Waals surface area contributed by atoms with Crippen LogP contribution in [0.2, 0.25) is 0 Å². The van der Waals surface area contributed by atoms with Gasteiger partial charge in [0.25, 0.3) is 0 Å². The van der Waals surface area contributed by atoms with Crippen LogP contribution in [0, 0.1) is 0 Å². The van der Waals surface area contributed by atoms with Gasteiger partial charge in [-0.05, 0) is 37.5 Å². The Morgan fingerprint density at radius 3 is 2.90 bits per heavy atom. The summed E-state index contributed by atoms with van der Waals surface area (Å²) in [5, 5.41) is 3.52. The number of benzene rings is 1. The van der Waals surface area contributed by atoms with Gasteiger partial charge in [-0.25, -0.2) is 0 Å². The predicted octanol–water partition coefficient (Wildman–Crippen LogP) is 2.12. The minimum atomic E-state index is 0.323. The Balaban J connectivity index is 1.67. The molecular formula is C16H23NO4. The zero-order valence-corrected chi connectivity index (χ0v) is 12.7. The van der Waals surface area contributed by atoms with Crippen molar-refractivity contribution in [2.24, 2.45) is 0 Å². The molecule has 21 heavy (non-hydrogen) atoms. The third kappa shape index (κ3) is 3.24. The van der Waals surface area contributed by atoms with Crippen LogP contribution < -0.4 is 19.5 Å². The van der Waals surface area contributed by atoms with Crippen LogP contribution in [0.4, 0.5) is 0 Å². The summed E-state index contributed by atoms with van der Waals surface area (Å²) in [4.78, 5) is 0. The van der Waals surface area contributed by atoms with Crippen molar-refractivity contribution < 1.29 is 18.9 Å². The summed E-state index contributed by atoms with van der Waals surface area (Å²) < 4.78 is 22.4. The number of rotatable bonds is 5. The van der Waals surface area contributed by atoms with Gasteiger partial charge in [0, 0.05) is 19.2 Å². The molecule has 3 rings (SSSR count). The Morgan fingerprint density at radius 2 is 2.14 bits per heavy atom. The lowest BCUT2D eigenvalue weighted by Crippen LogP contribution is -2.36. The van der Waals surface area contributed by atoms with E-state index in [4.69, 9.17) is 18.9 Å². The molecule has 0 radical (unpaired) electrons. The van der Waals surface area contributed by atoms with Gasteiger partial charge in [0.2, 0.25) is 5.75 Å². The van der Waals surface area contributed by atoms with E-state index in [0.717, 1.165) is 43.1 Å². The summed E-state index contributed by atoms with van der Waals surface area (Å²) in [6, 6.07) is 4.36. The summed E-state index contributed by atoms with van der Waals surface area (Å²) >= 11 is 0. The van der Waals surface area contributed by atoms with E-state index >= 15 is 0 Å². The van der Waals surface area contributed by atoms with Crippen molar-refractivity contribution in [3.8, 4) is 17.2 Å². The molecule has 0 aromatic heterocycles. The highest BCUT2D eigenvalue weighted by Gasteiger charge is 2.23. The molecule has 2 atom stereocenters. The highest BCUT2D eigenvalue weighted by Crippen LogP contribution is 2.40. The second-order valence-corrected chi connectivity index (χ2v) is 5.54. The smallest absolute Gasteiger partial charge is 0.203 e. The van der Waals surface area contributed by atoms with Crippen LogP contribution in [-0.4, -0.2) is 39.1 Å². The standard InChI is InChI=1S/C16H23NO4/c1-11(13-4-3-5-19-13)17-10-12-8-14(18-2)16-15(9-12)20-6-7-21-16/h8-9,11,13,17H,3-7,10H2,1-2H3. The third-order valence-electron chi connectivity index (χ3n) is 4.04. The van der Waals surface area contributed by atoms with Crippen molar-refractivity contribution in [2.45, 2.75) is 38.5 Å². The van der Waals surface area contributed by atoms with Crippen LogP contribution in [-0.2, 0) is 11.3 Å². The lowest BCUT2D eigenvalue weighted by molar-refractivity contribution is 0.0831. The molecule has 0 amide bonds. The van der Waals surface area contributed by atoms with E-state index in [0.29, 0.717) is 31.1 Å². The molecular weight excluding hydrogens is 270 g/mol. The minimum Gasteiger partial charge on any atom is -0.493 e. The summed E-state index contributed by atoms with van der Waals surface area (Å²) in [5.74, 6) is 2.20. The molecule has 2 aliphatic rings. The van der Waals surface area contributed by atoms with Crippen molar-refractivity contribution in [2.75, 3.05) is 26.9 Å². The largest absolute Gasteiger partial charge is 0.493 e. The fourth-order valence-electron chi connectivity index (χ4n) is 2.84. The van der Waals surface area contributed by atoms with Gasteiger partial charge < -0.3 is 24.3 Å². The first-order valence-electron chi connectivity index (χ1n) is 7.59. The molecule has 1 fully saturated rings. The number of methoxy groups -OCH3 is 1. The van der Waals surface area contributed by atoms with Crippen LogP contribution >= 0.6 is 0 Å². The maximum Gasteiger partial charge on any atom is 0.203 e. The van der Waals surface area contributed by atoms with Crippen LogP contribution in [0.1, 0.15) is 25.3 Å². The lowest BCUT2D eigenvalue weighted by Gasteiger charge is -2.23. The summed E-state index contributed by atoms with van der Waals surface area (Å²) in [7, 11) is 1.65. The highest BCUT2D eigenvalue weighted by molar-refractivity contribution is 5.54. The van der Waals surface area contributed by atoms with Crippen LogP contribution in [0.5, 0.6) is 17.2 Å². The first kappa shape index (κ1) is 14.5. The molecule has 2 heterocycles. The van der Waals surface area contributed by atoms with Crippen molar-refractivity contribution in [1.82, 2.24) is 5.32 Å². The quantitative estimate of drug-likeness (QED) is 0.901. The molecule has 2 unspecified atom stereocenters. The Bertz CT molecular complexity index is 468. The molecule has 1 N–H and O–H groups in total. The van der Waals surface area contributed by atoms with Crippen LogP contribution in [0.3, 0.4) is 0 Å². The van der Waals surface area contributed by atoms with E-state index in [9.17, 15) is 0 Å². The van der Waals surface area contributed by atoms with E-state index < -0.39 is 0 Å². The van der Waals surface area contributed by atoms with Gasteiger partial charge in [-0.2, -0.15) is 0 Å². The first-order chi connectivity index (χ1) is 10.3. The van der Waals surface area contributed by atoms with Gasteiger partial charge in [-0.3, -0.25) is 0 Å². The summed E-state index contributed by atoms with van der Waals surface area (Å²) in [6.45, 7) is 4.96. The Hall–Kier alpha value is -1.46. The van der Waals surface area contributed by atoms with Gasteiger partial charge >= 0.3 is 0 Å². The van der Waals surface area contributed by atoms with E-state index in [2.05, 4.69) is 12.2 Å². The summed E-state index contributed by atoms with van der Waals surface area (Å²) in [5.41, 5.74) is 1.13. The van der Waals surface area contributed by atoms with Crippen molar-refractivity contribution in [3.63, 3.8) is 0 Å². The zero-order chi connectivity index (χ0) is 14.7. The lowest BCUT2D eigenvalue weighted by atomic mass is 10.1. The zero-order valence-electron chi connectivity index (χ0n) is 12.7. The maximum atomic E-state index is 5.71. The molecule has 5 nitrogen and oxygen atoms in total. The highest BCUT2D eigenvalue weighted by atomic mass is 16.6. The number of fused-ring (bicyclic) bond motifs is 1. The summed E-state index contributed by atoms with van der Waals surface area (Å²) in [6.07, 6.45) is 2.62. The molecule has 2 aliphatic heterocycles. The van der Waals surface area contributed by atoms with Gasteiger partial charge in [-0.1, -0.05) is 0 Å². The molecule has 5 heteroatoms. The molecule has 1 aromatic rings. The number of ether oxygens (including phenoxy) is 4. The molecule has 1 saturated heterocycles. The van der Waals surface area contributed by atoms with E-state index in [-0.39, 0.29) is 0 Å². The molecule has 1 aromatic carbocycles. The molecule has 116 valence electrons. The van der Waals surface area contributed by atoms with E-state index in [1.807, 2.05) is 12.1 Å². The Labute approximate surface area is 125 Å². The average molecular weight is 293 g/mol. The van der Waals surface area contributed by atoms with Gasteiger partial charge in [0.15, 0.2) is 11.5 Å². The van der Waals surface area contributed by atoms with E-state index in [1.54, 1.807) is 7.11 Å². The van der Waals surface area contributed by atoms with Crippen molar-refractivity contribution in [1.29, 1.82) is 0 Å². The van der Waals surface area contributed by atoms with Gasteiger partial charge in [0.1, 0.15) is 13.2 Å². The third-order valence-corrected chi connectivity index (χ3v) is 4.04. The Morgan fingerprint density at radius 1 is 1.29 bits per heavy atom. The molecule has 0 saturated carbocycles. The SMILES string of the molecule is COc1cc(CNC(C)C2CCCO2)cc2c1OCCO2. The average Bonchev–Trinajstić information content (AvgIpc) is 3.06. The second kappa shape index (κ2) is 6.54. The van der Waals surface area contributed by atoms with E-state index in [1.165, 1.54) is 0 Å². The van der Waals surface area contributed by atoms with Gasteiger partial charge in [-0.15, -0.1) is 0 Å². The molecule has 0 spiro atoms. The fourth-order valence-corrected chi connectivity index (χ4v) is 2.84. The number of hydrogen-bond donors (Lipinski definition) is 1. The van der Waals surface area contributed by atoms with Gasteiger partial charge in [0.05, 0.1) is 13.2 Å². The van der Waals surface area contributed by atoms with Crippen molar-refractivity contribution >= 4 is 0 Å². The Kier molecular flexibility index (Phi) is 4.51. The van der Waals surface area contributed by atoms with Crippen molar-refractivity contribution in [3.05, 3.63) is 17.7 Å².